The fourth-order valence-corrected chi connectivity index (χ4v) is 2.25. The molecule has 0 fully saturated rings. The Bertz CT molecular complexity index is 369. The lowest BCUT2D eigenvalue weighted by Gasteiger charge is -2.19. The molecule has 0 aromatic carbocycles. The molecule has 1 heterocycles. The van der Waals surface area contributed by atoms with Gasteiger partial charge in [-0.1, -0.05) is 42.9 Å². The van der Waals surface area contributed by atoms with E-state index in [1.807, 2.05) is 0 Å². The molecule has 0 N–H and O–H groups in total. The number of nitrogens with zero attached hydrogens (tertiary/aromatic N) is 1. The Kier molecular flexibility index (Phi) is 3.79. The summed E-state index contributed by atoms with van der Waals surface area (Å²) in [6.45, 7) is 7.93. The third kappa shape index (κ3) is 2.96. The maximum absolute atomic E-state index is 2.55. The van der Waals surface area contributed by atoms with E-state index in [-0.39, 0.29) is 0 Å². The van der Waals surface area contributed by atoms with Gasteiger partial charge in [-0.05, 0) is 37.5 Å². The number of fused-ring (bicyclic) bond motifs is 1. The van der Waals surface area contributed by atoms with E-state index in [2.05, 4.69) is 49.1 Å². The Morgan fingerprint density at radius 1 is 1.19 bits per heavy atom. The lowest BCUT2D eigenvalue weighted by atomic mass is 10.1. The standard InChI is InChI=1S/C15H21N/c1-3-9-16-10-8-14-6-4-13(2)5-7-15(11-14)12-16/h4-7,11H,3,8-10,12H2,1-2H3. The summed E-state index contributed by atoms with van der Waals surface area (Å²) >= 11 is 0. The van der Waals surface area contributed by atoms with Crippen LogP contribution in [0.1, 0.15) is 26.7 Å². The van der Waals surface area contributed by atoms with Gasteiger partial charge in [0.1, 0.15) is 0 Å². The summed E-state index contributed by atoms with van der Waals surface area (Å²) in [6.07, 6.45) is 13.8. The summed E-state index contributed by atoms with van der Waals surface area (Å²) in [6, 6.07) is 0. The van der Waals surface area contributed by atoms with Crippen molar-refractivity contribution in [2.24, 2.45) is 0 Å². The van der Waals surface area contributed by atoms with Crippen molar-refractivity contribution in [2.45, 2.75) is 26.7 Å². The van der Waals surface area contributed by atoms with Crippen molar-refractivity contribution in [3.05, 3.63) is 47.1 Å². The first-order valence-corrected chi connectivity index (χ1v) is 6.26. The third-order valence-corrected chi connectivity index (χ3v) is 3.15. The zero-order valence-corrected chi connectivity index (χ0v) is 10.4. The summed E-state index contributed by atoms with van der Waals surface area (Å²) in [5.74, 6) is 0. The number of hydrogen-bond acceptors (Lipinski definition) is 1. The van der Waals surface area contributed by atoms with Crippen LogP contribution in [0.25, 0.3) is 0 Å². The molecular weight excluding hydrogens is 194 g/mol. The minimum atomic E-state index is 1.11. The summed E-state index contributed by atoms with van der Waals surface area (Å²) in [7, 11) is 0. The maximum atomic E-state index is 2.55. The van der Waals surface area contributed by atoms with Gasteiger partial charge in [-0.3, -0.25) is 4.90 Å². The molecule has 0 spiro atoms. The van der Waals surface area contributed by atoms with Gasteiger partial charge in [-0.25, -0.2) is 0 Å². The molecule has 16 heavy (non-hydrogen) atoms. The fourth-order valence-electron chi connectivity index (χ4n) is 2.25. The Hall–Kier alpha value is -1.08. The highest BCUT2D eigenvalue weighted by atomic mass is 15.1. The van der Waals surface area contributed by atoms with Gasteiger partial charge in [0.25, 0.3) is 0 Å². The van der Waals surface area contributed by atoms with Gasteiger partial charge in [-0.15, -0.1) is 0 Å². The highest BCUT2D eigenvalue weighted by Gasteiger charge is 2.11. The van der Waals surface area contributed by atoms with Crippen LogP contribution in [-0.2, 0) is 0 Å². The Morgan fingerprint density at radius 3 is 2.88 bits per heavy atom. The largest absolute Gasteiger partial charge is 0.299 e. The van der Waals surface area contributed by atoms with Crippen LogP contribution < -0.4 is 0 Å². The molecule has 2 aliphatic rings. The van der Waals surface area contributed by atoms with Crippen molar-refractivity contribution in [2.75, 3.05) is 19.6 Å². The van der Waals surface area contributed by atoms with E-state index in [4.69, 9.17) is 0 Å². The SMILES string of the molecule is CCCN1CCC2=CC=C(C)C=CC(=C2)C1. The zero-order valence-electron chi connectivity index (χ0n) is 10.4. The van der Waals surface area contributed by atoms with Crippen molar-refractivity contribution in [3.8, 4) is 0 Å². The Labute approximate surface area is 98.8 Å². The van der Waals surface area contributed by atoms with Crippen LogP contribution in [0.15, 0.2) is 47.1 Å². The van der Waals surface area contributed by atoms with Crippen molar-refractivity contribution < 1.29 is 0 Å². The maximum Gasteiger partial charge on any atom is 0.0233 e. The predicted octanol–water partition coefficient (Wildman–Crippen LogP) is 3.47. The summed E-state index contributed by atoms with van der Waals surface area (Å²) in [4.78, 5) is 2.55. The normalized spacial score (nSPS) is 21.5. The van der Waals surface area contributed by atoms with Crippen LogP contribution in [0.5, 0.6) is 0 Å². The van der Waals surface area contributed by atoms with Gasteiger partial charge in [0.2, 0.25) is 0 Å². The molecule has 0 amide bonds. The molecule has 0 saturated heterocycles. The van der Waals surface area contributed by atoms with Crippen LogP contribution in [0, 0.1) is 0 Å². The Balaban J connectivity index is 2.18. The van der Waals surface area contributed by atoms with Crippen LogP contribution in [0.3, 0.4) is 0 Å². The number of allylic oxidation sites excluding steroid dienone is 5. The molecule has 2 bridgehead atoms. The molecule has 1 aliphatic carbocycles. The summed E-state index contributed by atoms with van der Waals surface area (Å²) < 4.78 is 0. The molecule has 1 nitrogen and oxygen atoms in total. The molecule has 2 rings (SSSR count). The monoisotopic (exact) mass is 215 g/mol. The van der Waals surface area contributed by atoms with E-state index in [1.54, 1.807) is 0 Å². The van der Waals surface area contributed by atoms with E-state index >= 15 is 0 Å². The van der Waals surface area contributed by atoms with Crippen LogP contribution in [0.4, 0.5) is 0 Å². The summed E-state index contributed by atoms with van der Waals surface area (Å²) in [5, 5.41) is 0. The van der Waals surface area contributed by atoms with Crippen molar-refractivity contribution >= 4 is 0 Å². The molecule has 1 aliphatic heterocycles. The van der Waals surface area contributed by atoms with E-state index in [0.717, 1.165) is 6.54 Å². The first kappa shape index (κ1) is 11.4. The van der Waals surface area contributed by atoms with Gasteiger partial charge in [-0.2, -0.15) is 0 Å². The number of rotatable bonds is 2. The second-order valence-corrected chi connectivity index (χ2v) is 4.73. The zero-order chi connectivity index (χ0) is 11.4. The van der Waals surface area contributed by atoms with Crippen LogP contribution >= 0.6 is 0 Å². The second kappa shape index (κ2) is 5.31. The topological polar surface area (TPSA) is 3.24 Å². The van der Waals surface area contributed by atoms with E-state index < -0.39 is 0 Å². The minimum absolute atomic E-state index is 1.11. The molecular formula is C15H21N. The van der Waals surface area contributed by atoms with Gasteiger partial charge in [0, 0.05) is 13.1 Å². The van der Waals surface area contributed by atoms with E-state index in [9.17, 15) is 0 Å². The average Bonchev–Trinajstić information content (AvgIpc) is 2.46. The highest BCUT2D eigenvalue weighted by Crippen LogP contribution is 2.19. The lowest BCUT2D eigenvalue weighted by molar-refractivity contribution is 0.307. The van der Waals surface area contributed by atoms with E-state index in [1.165, 1.54) is 42.7 Å². The summed E-state index contributed by atoms with van der Waals surface area (Å²) in [5.41, 5.74) is 4.26. The second-order valence-electron chi connectivity index (χ2n) is 4.73. The average molecular weight is 215 g/mol. The Morgan fingerprint density at radius 2 is 2.06 bits per heavy atom. The molecule has 1 heteroatoms. The van der Waals surface area contributed by atoms with Crippen LogP contribution in [0.2, 0.25) is 0 Å². The molecule has 0 aromatic heterocycles. The number of hydrogen-bond donors (Lipinski definition) is 0. The fraction of sp³-hybridized carbons (Fsp3) is 0.467. The quantitative estimate of drug-likeness (QED) is 0.681. The van der Waals surface area contributed by atoms with Crippen molar-refractivity contribution in [3.63, 3.8) is 0 Å². The minimum Gasteiger partial charge on any atom is -0.299 e. The van der Waals surface area contributed by atoms with E-state index in [0.29, 0.717) is 0 Å². The highest BCUT2D eigenvalue weighted by molar-refractivity contribution is 5.40. The van der Waals surface area contributed by atoms with Crippen LogP contribution in [-0.4, -0.2) is 24.5 Å². The van der Waals surface area contributed by atoms with Gasteiger partial charge >= 0.3 is 0 Å². The molecule has 0 aromatic rings. The first-order chi connectivity index (χ1) is 7.78. The molecule has 86 valence electrons. The van der Waals surface area contributed by atoms with Gasteiger partial charge < -0.3 is 0 Å². The predicted molar refractivity (Wildman–Crippen MR) is 70.4 cm³/mol. The third-order valence-electron chi connectivity index (χ3n) is 3.15. The van der Waals surface area contributed by atoms with Gasteiger partial charge in [0.05, 0.1) is 0 Å². The molecule has 0 radical (unpaired) electrons. The molecule has 0 saturated carbocycles. The smallest absolute Gasteiger partial charge is 0.0233 e. The lowest BCUT2D eigenvalue weighted by Crippen LogP contribution is -2.26. The molecule has 0 atom stereocenters. The first-order valence-electron chi connectivity index (χ1n) is 6.26. The van der Waals surface area contributed by atoms with Crippen molar-refractivity contribution in [1.29, 1.82) is 0 Å². The van der Waals surface area contributed by atoms with Gasteiger partial charge in [0.15, 0.2) is 0 Å². The van der Waals surface area contributed by atoms with Crippen molar-refractivity contribution in [1.82, 2.24) is 4.90 Å². The molecule has 0 unspecified atom stereocenters.